The van der Waals surface area contributed by atoms with E-state index in [1.165, 1.54) is 0 Å². The Kier molecular flexibility index (Phi) is 7.46. The summed E-state index contributed by atoms with van der Waals surface area (Å²) >= 11 is 0. The van der Waals surface area contributed by atoms with Crippen molar-refractivity contribution in [2.45, 2.75) is 34.2 Å². The first-order valence-electron chi connectivity index (χ1n) is 9.14. The molecule has 1 amide bonds. The number of hydrogen-bond donors (Lipinski definition) is 1. The summed E-state index contributed by atoms with van der Waals surface area (Å²) in [6.45, 7) is 9.34. The van der Waals surface area contributed by atoms with Crippen LogP contribution in [0.15, 0.2) is 30.3 Å². The number of allylic oxidation sites excluding steroid dienone is 1. The van der Waals surface area contributed by atoms with Crippen molar-refractivity contribution in [3.63, 3.8) is 0 Å². The highest BCUT2D eigenvalue weighted by atomic mass is 16.5. The molecular formula is C21H29N3O3. The minimum atomic E-state index is -0.158. The third kappa shape index (κ3) is 6.16. The molecule has 1 aromatic carbocycles. The number of nitrogens with zero attached hydrogens (tertiary/aromatic N) is 2. The molecule has 0 aliphatic carbocycles. The van der Waals surface area contributed by atoms with E-state index in [1.807, 2.05) is 61.9 Å². The van der Waals surface area contributed by atoms with E-state index in [-0.39, 0.29) is 18.4 Å². The van der Waals surface area contributed by atoms with E-state index >= 15 is 0 Å². The minimum absolute atomic E-state index is 0.0497. The molecule has 1 heterocycles. The highest BCUT2D eigenvalue weighted by molar-refractivity contribution is 5.77. The highest BCUT2D eigenvalue weighted by Gasteiger charge is 2.11. The topological polar surface area (TPSA) is 65.4 Å². The van der Waals surface area contributed by atoms with E-state index in [1.54, 1.807) is 7.11 Å². The predicted molar refractivity (Wildman–Crippen MR) is 107 cm³/mol. The van der Waals surface area contributed by atoms with Crippen molar-refractivity contribution >= 4 is 12.0 Å². The van der Waals surface area contributed by atoms with Gasteiger partial charge < -0.3 is 14.8 Å². The van der Waals surface area contributed by atoms with Gasteiger partial charge in [0.1, 0.15) is 0 Å². The maximum atomic E-state index is 12.1. The molecule has 1 atom stereocenters. The van der Waals surface area contributed by atoms with Crippen LogP contribution in [-0.4, -0.2) is 35.9 Å². The minimum Gasteiger partial charge on any atom is -0.493 e. The van der Waals surface area contributed by atoms with Gasteiger partial charge in [0, 0.05) is 18.8 Å². The van der Waals surface area contributed by atoms with Crippen molar-refractivity contribution in [3.8, 4) is 11.5 Å². The molecule has 0 saturated heterocycles. The first kappa shape index (κ1) is 20.6. The Hall–Kier alpha value is -2.76. The predicted octanol–water partition coefficient (Wildman–Crippen LogP) is 3.37. The van der Waals surface area contributed by atoms with Gasteiger partial charge in [0.2, 0.25) is 0 Å². The van der Waals surface area contributed by atoms with Crippen molar-refractivity contribution in [1.29, 1.82) is 0 Å². The number of rotatable bonds is 9. The lowest BCUT2D eigenvalue weighted by Gasteiger charge is -2.15. The van der Waals surface area contributed by atoms with Gasteiger partial charge in [-0.15, -0.1) is 0 Å². The van der Waals surface area contributed by atoms with E-state index < -0.39 is 0 Å². The van der Waals surface area contributed by atoms with Crippen LogP contribution in [0.3, 0.4) is 0 Å². The molecule has 6 nitrogen and oxygen atoms in total. The van der Waals surface area contributed by atoms with Crippen LogP contribution in [0.4, 0.5) is 0 Å². The molecular weight excluding hydrogens is 342 g/mol. The molecule has 0 fully saturated rings. The molecule has 0 spiro atoms. The molecule has 0 saturated carbocycles. The number of aromatic nitrogens is 2. The lowest BCUT2D eigenvalue weighted by atomic mass is 10.2. The number of benzene rings is 1. The molecule has 0 radical (unpaired) electrons. The first-order valence-corrected chi connectivity index (χ1v) is 9.14. The zero-order valence-corrected chi connectivity index (χ0v) is 16.8. The number of carbonyl (C=O) groups excluding carboxylic acids is 1. The third-order valence-corrected chi connectivity index (χ3v) is 4.14. The largest absolute Gasteiger partial charge is 0.493 e. The molecule has 2 aromatic rings. The molecule has 27 heavy (non-hydrogen) atoms. The number of aryl methyl sites for hydroxylation is 2. The SMILES string of the molecule is C/C=C/c1ccc(OCC(=O)NC[C@@H](C)Cn2nc(C)cc2C)c(OC)c1. The van der Waals surface area contributed by atoms with Crippen LogP contribution in [0.2, 0.25) is 0 Å². The Morgan fingerprint density at radius 3 is 2.70 bits per heavy atom. The van der Waals surface area contributed by atoms with Gasteiger partial charge in [0.25, 0.3) is 5.91 Å². The number of ether oxygens (including phenoxy) is 2. The maximum absolute atomic E-state index is 12.1. The summed E-state index contributed by atoms with van der Waals surface area (Å²) in [5.74, 6) is 1.27. The summed E-state index contributed by atoms with van der Waals surface area (Å²) in [5, 5.41) is 7.36. The van der Waals surface area contributed by atoms with Gasteiger partial charge in [-0.05, 0) is 50.5 Å². The summed E-state index contributed by atoms with van der Waals surface area (Å²) in [4.78, 5) is 12.1. The Labute approximate surface area is 161 Å². The fourth-order valence-corrected chi connectivity index (χ4v) is 2.80. The van der Waals surface area contributed by atoms with Crippen molar-refractivity contribution in [3.05, 3.63) is 47.3 Å². The van der Waals surface area contributed by atoms with Crippen LogP contribution in [0.5, 0.6) is 11.5 Å². The first-order chi connectivity index (χ1) is 12.9. The molecule has 6 heteroatoms. The van der Waals surface area contributed by atoms with Gasteiger partial charge in [-0.2, -0.15) is 5.10 Å². The van der Waals surface area contributed by atoms with Gasteiger partial charge in [-0.25, -0.2) is 0 Å². The quantitative estimate of drug-likeness (QED) is 0.734. The molecule has 0 bridgehead atoms. The van der Waals surface area contributed by atoms with E-state index in [9.17, 15) is 4.79 Å². The molecule has 146 valence electrons. The molecule has 1 aromatic heterocycles. The number of amides is 1. The lowest BCUT2D eigenvalue weighted by molar-refractivity contribution is -0.123. The van der Waals surface area contributed by atoms with Crippen LogP contribution in [0.25, 0.3) is 6.08 Å². The monoisotopic (exact) mass is 371 g/mol. The summed E-state index contributed by atoms with van der Waals surface area (Å²) < 4.78 is 12.9. The molecule has 0 unspecified atom stereocenters. The second-order valence-corrected chi connectivity index (χ2v) is 6.72. The van der Waals surface area contributed by atoms with Gasteiger partial charge in [0.15, 0.2) is 18.1 Å². The normalized spacial score (nSPS) is 12.2. The number of methoxy groups -OCH3 is 1. The van der Waals surface area contributed by atoms with Crippen LogP contribution >= 0.6 is 0 Å². The Balaban J connectivity index is 1.81. The standard InChI is InChI=1S/C21H29N3O3/c1-6-7-18-8-9-19(20(11-18)26-5)27-14-21(25)22-12-15(2)13-24-17(4)10-16(3)23-24/h6-11,15H,12-14H2,1-5H3,(H,22,25)/b7-6+/t15-/m1/s1. The number of carbonyl (C=O) groups is 1. The summed E-state index contributed by atoms with van der Waals surface area (Å²) in [5.41, 5.74) is 3.15. The maximum Gasteiger partial charge on any atom is 0.257 e. The van der Waals surface area contributed by atoms with Crippen molar-refractivity contribution in [2.75, 3.05) is 20.3 Å². The second-order valence-electron chi connectivity index (χ2n) is 6.72. The third-order valence-electron chi connectivity index (χ3n) is 4.14. The molecule has 1 N–H and O–H groups in total. The summed E-state index contributed by atoms with van der Waals surface area (Å²) in [6.07, 6.45) is 3.93. The van der Waals surface area contributed by atoms with Crippen molar-refractivity contribution < 1.29 is 14.3 Å². The Morgan fingerprint density at radius 1 is 1.30 bits per heavy atom. The average molecular weight is 371 g/mol. The molecule has 0 aliphatic heterocycles. The zero-order valence-electron chi connectivity index (χ0n) is 16.8. The van der Waals surface area contributed by atoms with E-state index in [0.717, 1.165) is 23.5 Å². The Morgan fingerprint density at radius 2 is 2.07 bits per heavy atom. The van der Waals surface area contributed by atoms with E-state index in [0.29, 0.717) is 18.0 Å². The van der Waals surface area contributed by atoms with Crippen LogP contribution < -0.4 is 14.8 Å². The molecule has 2 rings (SSSR count). The van der Waals surface area contributed by atoms with Crippen LogP contribution in [0.1, 0.15) is 30.8 Å². The summed E-state index contributed by atoms with van der Waals surface area (Å²) in [6, 6.07) is 7.66. The number of nitrogens with one attached hydrogen (secondary N) is 1. The molecule has 0 aliphatic rings. The average Bonchev–Trinajstić information content (AvgIpc) is 2.95. The van der Waals surface area contributed by atoms with Gasteiger partial charge in [-0.1, -0.05) is 25.1 Å². The van der Waals surface area contributed by atoms with Crippen molar-refractivity contribution in [1.82, 2.24) is 15.1 Å². The van der Waals surface area contributed by atoms with Crippen LogP contribution in [0, 0.1) is 19.8 Å². The highest BCUT2D eigenvalue weighted by Crippen LogP contribution is 2.28. The smallest absolute Gasteiger partial charge is 0.257 e. The second kappa shape index (κ2) is 9.80. The van der Waals surface area contributed by atoms with Gasteiger partial charge in [0.05, 0.1) is 12.8 Å². The van der Waals surface area contributed by atoms with Crippen LogP contribution in [-0.2, 0) is 11.3 Å². The zero-order chi connectivity index (χ0) is 19.8. The fourth-order valence-electron chi connectivity index (χ4n) is 2.80. The lowest BCUT2D eigenvalue weighted by Crippen LogP contribution is -2.33. The van der Waals surface area contributed by atoms with E-state index in [2.05, 4.69) is 17.3 Å². The van der Waals surface area contributed by atoms with Gasteiger partial charge >= 0.3 is 0 Å². The Bertz CT molecular complexity index is 796. The fraction of sp³-hybridized carbons (Fsp3) is 0.429. The van der Waals surface area contributed by atoms with Gasteiger partial charge in [-0.3, -0.25) is 9.48 Å². The van der Waals surface area contributed by atoms with E-state index in [4.69, 9.17) is 9.47 Å². The number of hydrogen-bond acceptors (Lipinski definition) is 4. The summed E-state index contributed by atoms with van der Waals surface area (Å²) in [7, 11) is 1.59. The van der Waals surface area contributed by atoms with Crippen molar-refractivity contribution in [2.24, 2.45) is 5.92 Å².